The van der Waals surface area contributed by atoms with Crippen LogP contribution in [0.3, 0.4) is 0 Å². The molecule has 0 bridgehead atoms. The van der Waals surface area contributed by atoms with Gasteiger partial charge in [0.1, 0.15) is 5.82 Å². The lowest BCUT2D eigenvalue weighted by molar-refractivity contribution is 0.0955. The van der Waals surface area contributed by atoms with E-state index < -0.39 is 6.10 Å². The highest BCUT2D eigenvalue weighted by Crippen LogP contribution is 2.09. The molecule has 1 rings (SSSR count). The minimum Gasteiger partial charge on any atom is -0.392 e. The van der Waals surface area contributed by atoms with Crippen LogP contribution in [0.15, 0.2) is 18.3 Å². The van der Waals surface area contributed by atoms with Crippen LogP contribution in [0.1, 0.15) is 24.2 Å². The molecule has 94 valence electrons. The molecule has 5 nitrogen and oxygen atoms in total. The molecule has 0 unspecified atom stereocenters. The first kappa shape index (κ1) is 13.4. The Morgan fingerprint density at radius 1 is 1.59 bits per heavy atom. The van der Waals surface area contributed by atoms with Crippen molar-refractivity contribution in [2.75, 3.05) is 25.0 Å². The van der Waals surface area contributed by atoms with Crippen LogP contribution in [0.4, 0.5) is 5.82 Å². The first-order valence-corrected chi connectivity index (χ1v) is 5.68. The van der Waals surface area contributed by atoms with Crippen LogP contribution in [-0.2, 0) is 0 Å². The van der Waals surface area contributed by atoms with Gasteiger partial charge in [0.15, 0.2) is 0 Å². The van der Waals surface area contributed by atoms with Crippen LogP contribution in [0.25, 0.3) is 0 Å². The summed E-state index contributed by atoms with van der Waals surface area (Å²) in [5, 5.41) is 12.0. The molecule has 1 aromatic rings. The van der Waals surface area contributed by atoms with Gasteiger partial charge in [0.25, 0.3) is 5.91 Å². The summed E-state index contributed by atoms with van der Waals surface area (Å²) in [5.74, 6) is 0.615. The van der Waals surface area contributed by atoms with Gasteiger partial charge in [0.05, 0.1) is 11.7 Å². The van der Waals surface area contributed by atoms with Crippen molar-refractivity contribution in [2.45, 2.75) is 20.0 Å². The molecule has 2 N–H and O–H groups in total. The van der Waals surface area contributed by atoms with E-state index >= 15 is 0 Å². The molecule has 1 atom stereocenters. The molecule has 0 spiro atoms. The third-order valence-electron chi connectivity index (χ3n) is 2.28. The molecule has 17 heavy (non-hydrogen) atoms. The van der Waals surface area contributed by atoms with Crippen LogP contribution in [0.2, 0.25) is 0 Å². The van der Waals surface area contributed by atoms with Crippen molar-refractivity contribution in [3.63, 3.8) is 0 Å². The van der Waals surface area contributed by atoms with Crippen LogP contribution in [-0.4, -0.2) is 42.2 Å². The highest BCUT2D eigenvalue weighted by Gasteiger charge is 2.08. The lowest BCUT2D eigenvalue weighted by Gasteiger charge is -2.19. The normalized spacial score (nSPS) is 12.0. The number of nitrogens with zero attached hydrogens (tertiary/aromatic N) is 2. The molecular formula is C12H19N3O2. The van der Waals surface area contributed by atoms with Gasteiger partial charge in [-0.3, -0.25) is 4.79 Å². The smallest absolute Gasteiger partial charge is 0.252 e. The Balaban J connectivity index is 2.70. The Morgan fingerprint density at radius 2 is 2.29 bits per heavy atom. The van der Waals surface area contributed by atoms with Gasteiger partial charge >= 0.3 is 0 Å². The number of aromatic nitrogens is 1. The predicted molar refractivity (Wildman–Crippen MR) is 67.2 cm³/mol. The highest BCUT2D eigenvalue weighted by molar-refractivity contribution is 5.93. The van der Waals surface area contributed by atoms with Gasteiger partial charge < -0.3 is 15.3 Å². The molecule has 1 aromatic heterocycles. The quantitative estimate of drug-likeness (QED) is 0.789. The molecule has 0 saturated heterocycles. The zero-order valence-corrected chi connectivity index (χ0v) is 10.5. The average Bonchev–Trinajstić information content (AvgIpc) is 2.28. The summed E-state index contributed by atoms with van der Waals surface area (Å²) in [7, 11) is 1.85. The molecule has 0 aliphatic rings. The SMILES string of the molecule is CCNC(=O)c1ccc(N(C)C[C@@H](C)O)nc1. The number of nitrogens with one attached hydrogen (secondary N) is 1. The molecule has 1 heterocycles. The first-order chi connectivity index (χ1) is 8.04. The van der Waals surface area contributed by atoms with E-state index in [0.29, 0.717) is 18.7 Å². The molecule has 0 fully saturated rings. The van der Waals surface area contributed by atoms with E-state index in [-0.39, 0.29) is 5.91 Å². The van der Waals surface area contributed by atoms with Crippen molar-refractivity contribution in [1.29, 1.82) is 0 Å². The monoisotopic (exact) mass is 237 g/mol. The summed E-state index contributed by atoms with van der Waals surface area (Å²) < 4.78 is 0. The van der Waals surface area contributed by atoms with E-state index in [1.807, 2.05) is 18.9 Å². The number of rotatable bonds is 5. The number of amides is 1. The predicted octanol–water partition coefficient (Wildman–Crippen LogP) is 0.648. The van der Waals surface area contributed by atoms with Crippen molar-refractivity contribution >= 4 is 11.7 Å². The van der Waals surface area contributed by atoms with Gasteiger partial charge in [0, 0.05) is 26.3 Å². The Labute approximate surface area is 101 Å². The van der Waals surface area contributed by atoms with Crippen molar-refractivity contribution in [3.05, 3.63) is 23.9 Å². The van der Waals surface area contributed by atoms with Crippen molar-refractivity contribution in [2.24, 2.45) is 0 Å². The van der Waals surface area contributed by atoms with Crippen LogP contribution in [0.5, 0.6) is 0 Å². The standard InChI is InChI=1S/C12H19N3O2/c1-4-13-12(17)10-5-6-11(14-7-10)15(3)8-9(2)16/h5-7,9,16H,4,8H2,1-3H3,(H,13,17)/t9-/m1/s1. The lowest BCUT2D eigenvalue weighted by atomic mass is 10.2. The fraction of sp³-hybridized carbons (Fsp3) is 0.500. The van der Waals surface area contributed by atoms with Gasteiger partial charge in [-0.1, -0.05) is 0 Å². The molecule has 0 aliphatic carbocycles. The minimum atomic E-state index is -0.412. The van der Waals surface area contributed by atoms with E-state index in [2.05, 4.69) is 10.3 Å². The molecular weight excluding hydrogens is 218 g/mol. The second-order valence-corrected chi connectivity index (χ2v) is 3.99. The van der Waals surface area contributed by atoms with Gasteiger partial charge in [0.2, 0.25) is 0 Å². The maximum Gasteiger partial charge on any atom is 0.252 e. The van der Waals surface area contributed by atoms with Crippen molar-refractivity contribution in [3.8, 4) is 0 Å². The summed E-state index contributed by atoms with van der Waals surface area (Å²) in [5.41, 5.74) is 0.543. The Bertz CT molecular complexity index is 363. The highest BCUT2D eigenvalue weighted by atomic mass is 16.3. The maximum atomic E-state index is 11.5. The van der Waals surface area contributed by atoms with Crippen LogP contribution < -0.4 is 10.2 Å². The second kappa shape index (κ2) is 6.20. The van der Waals surface area contributed by atoms with E-state index in [4.69, 9.17) is 0 Å². The first-order valence-electron chi connectivity index (χ1n) is 5.68. The van der Waals surface area contributed by atoms with Crippen LogP contribution in [0, 0.1) is 0 Å². The van der Waals surface area contributed by atoms with Crippen molar-refractivity contribution < 1.29 is 9.90 Å². The summed E-state index contributed by atoms with van der Waals surface area (Å²) in [6.45, 7) is 4.70. The van der Waals surface area contributed by atoms with E-state index in [1.54, 1.807) is 25.3 Å². The summed E-state index contributed by atoms with van der Waals surface area (Å²) in [4.78, 5) is 17.5. The molecule has 5 heteroatoms. The number of aliphatic hydroxyl groups is 1. The number of hydrogen-bond acceptors (Lipinski definition) is 4. The number of carbonyl (C=O) groups is 1. The number of carbonyl (C=O) groups excluding carboxylic acids is 1. The lowest BCUT2D eigenvalue weighted by Crippen LogP contribution is -2.28. The molecule has 1 amide bonds. The third-order valence-corrected chi connectivity index (χ3v) is 2.28. The molecule has 0 aromatic carbocycles. The van der Waals surface area contributed by atoms with Gasteiger partial charge in [-0.05, 0) is 26.0 Å². The number of aliphatic hydroxyl groups excluding tert-OH is 1. The Kier molecular flexibility index (Phi) is 4.90. The Morgan fingerprint density at radius 3 is 2.76 bits per heavy atom. The van der Waals surface area contributed by atoms with Gasteiger partial charge in [-0.2, -0.15) is 0 Å². The molecule has 0 radical (unpaired) electrons. The van der Waals surface area contributed by atoms with Gasteiger partial charge in [-0.15, -0.1) is 0 Å². The summed E-state index contributed by atoms with van der Waals surface area (Å²) in [6.07, 6.45) is 1.13. The van der Waals surface area contributed by atoms with Crippen molar-refractivity contribution in [1.82, 2.24) is 10.3 Å². The second-order valence-electron chi connectivity index (χ2n) is 3.99. The summed E-state index contributed by atoms with van der Waals surface area (Å²) in [6, 6.07) is 3.50. The van der Waals surface area contributed by atoms with E-state index in [9.17, 15) is 9.90 Å². The zero-order valence-electron chi connectivity index (χ0n) is 10.5. The number of hydrogen-bond donors (Lipinski definition) is 2. The zero-order chi connectivity index (χ0) is 12.8. The maximum absolute atomic E-state index is 11.5. The van der Waals surface area contributed by atoms with Crippen LogP contribution >= 0.6 is 0 Å². The average molecular weight is 237 g/mol. The third kappa shape index (κ3) is 4.03. The minimum absolute atomic E-state index is 0.121. The number of likely N-dealkylation sites (N-methyl/N-ethyl adjacent to an activating group) is 1. The number of anilines is 1. The van der Waals surface area contributed by atoms with Gasteiger partial charge in [-0.25, -0.2) is 4.98 Å². The Hall–Kier alpha value is -1.62. The number of pyridine rings is 1. The fourth-order valence-corrected chi connectivity index (χ4v) is 1.50. The molecule has 0 saturated carbocycles. The topological polar surface area (TPSA) is 65.5 Å². The molecule has 0 aliphatic heterocycles. The fourth-order valence-electron chi connectivity index (χ4n) is 1.50. The van der Waals surface area contributed by atoms with E-state index in [0.717, 1.165) is 5.82 Å². The van der Waals surface area contributed by atoms with E-state index in [1.165, 1.54) is 0 Å². The largest absolute Gasteiger partial charge is 0.392 e. The summed E-state index contributed by atoms with van der Waals surface area (Å²) >= 11 is 0.